The average Bonchev–Trinajstić information content (AvgIpc) is 3.19. The van der Waals surface area contributed by atoms with Gasteiger partial charge in [0.1, 0.15) is 0 Å². The van der Waals surface area contributed by atoms with Gasteiger partial charge in [-0.05, 0) is 44.4 Å². The Morgan fingerprint density at radius 2 is 0.673 bits per heavy atom. The smallest absolute Gasteiger partial charge is 0.305 e. The van der Waals surface area contributed by atoms with E-state index in [2.05, 4.69) is 32.9 Å². The van der Waals surface area contributed by atoms with Crippen LogP contribution in [0.4, 0.5) is 0 Å². The Labute approximate surface area is 348 Å². The molecule has 0 aromatic rings. The van der Waals surface area contributed by atoms with Crippen LogP contribution >= 0.6 is 0 Å². The van der Waals surface area contributed by atoms with E-state index in [0.29, 0.717) is 13.0 Å². The third-order valence-corrected chi connectivity index (χ3v) is 12.4. The highest BCUT2D eigenvalue weighted by molar-refractivity contribution is 5.69. The molecule has 1 unspecified atom stereocenters. The molecule has 55 heavy (non-hydrogen) atoms. The first-order valence-corrected chi connectivity index (χ1v) is 26.0. The summed E-state index contributed by atoms with van der Waals surface area (Å²) in [7, 11) is 0. The Balaban J connectivity index is 3.17. The molecule has 0 amide bonds. The summed E-state index contributed by atoms with van der Waals surface area (Å²) in [6.45, 7) is 7.65. The van der Waals surface area contributed by atoms with Crippen molar-refractivity contribution < 1.29 is 9.53 Å². The highest BCUT2D eigenvalue weighted by atomic mass is 16.5. The topological polar surface area (TPSA) is 26.3 Å². The van der Waals surface area contributed by atoms with Crippen LogP contribution in [0.3, 0.4) is 0 Å². The summed E-state index contributed by atoms with van der Waals surface area (Å²) in [5.74, 6) is 0.966. The van der Waals surface area contributed by atoms with Gasteiger partial charge >= 0.3 is 5.97 Å². The van der Waals surface area contributed by atoms with Gasteiger partial charge < -0.3 is 4.74 Å². The number of esters is 1. The molecular weight excluding hydrogens is 669 g/mol. The fraction of sp³-hybridized carbons (Fsp3) is 0.943. The lowest BCUT2D eigenvalue weighted by molar-refractivity contribution is -0.143. The number of rotatable bonds is 48. The molecule has 0 saturated heterocycles. The highest BCUT2D eigenvalue weighted by Gasteiger charge is 2.03. The molecule has 328 valence electrons. The zero-order chi connectivity index (χ0) is 39.8. The van der Waals surface area contributed by atoms with Crippen LogP contribution in [0.2, 0.25) is 0 Å². The van der Waals surface area contributed by atoms with E-state index in [9.17, 15) is 4.79 Å². The number of ether oxygens (including phenoxy) is 1. The van der Waals surface area contributed by atoms with Gasteiger partial charge in [-0.25, -0.2) is 0 Å². The van der Waals surface area contributed by atoms with Crippen molar-refractivity contribution in [3.63, 3.8) is 0 Å². The standard InChI is InChI=1S/C53H104O2/c1-4-6-7-8-9-10-11-12-13-14-15-19-23-26-29-32-35-38-41-44-47-50-53(54)55-51-48-45-42-39-36-33-30-27-24-21-18-16-17-20-22-25-28-31-34-37-40-43-46-49-52(3)5-2/h12-13,52H,4-11,14-51H2,1-3H3. The zero-order valence-corrected chi connectivity index (χ0v) is 38.6. The van der Waals surface area contributed by atoms with Crippen LogP contribution in [0.5, 0.6) is 0 Å². The minimum absolute atomic E-state index is 0.0303. The molecule has 0 bridgehead atoms. The summed E-state index contributed by atoms with van der Waals surface area (Å²) in [5.41, 5.74) is 0. The van der Waals surface area contributed by atoms with Crippen molar-refractivity contribution in [2.75, 3.05) is 6.61 Å². The normalized spacial score (nSPS) is 12.3. The predicted octanol–water partition coefficient (Wildman–Crippen LogP) is 19.3. The summed E-state index contributed by atoms with van der Waals surface area (Å²) < 4.78 is 5.50. The largest absolute Gasteiger partial charge is 0.466 e. The summed E-state index contributed by atoms with van der Waals surface area (Å²) in [6, 6.07) is 0. The Morgan fingerprint density at radius 3 is 1.02 bits per heavy atom. The van der Waals surface area contributed by atoms with E-state index in [-0.39, 0.29) is 5.97 Å². The molecule has 0 aromatic carbocycles. The Morgan fingerprint density at radius 1 is 0.382 bits per heavy atom. The molecule has 0 spiro atoms. The molecule has 0 aliphatic heterocycles. The number of carbonyl (C=O) groups is 1. The molecular formula is C53H104O2. The van der Waals surface area contributed by atoms with Gasteiger partial charge in [0.2, 0.25) is 0 Å². The average molecular weight is 773 g/mol. The van der Waals surface area contributed by atoms with E-state index in [0.717, 1.165) is 18.8 Å². The highest BCUT2D eigenvalue weighted by Crippen LogP contribution is 2.18. The maximum Gasteiger partial charge on any atom is 0.305 e. The number of hydrogen-bond acceptors (Lipinski definition) is 2. The molecule has 0 radical (unpaired) electrons. The number of hydrogen-bond donors (Lipinski definition) is 0. The minimum Gasteiger partial charge on any atom is -0.466 e. The van der Waals surface area contributed by atoms with Crippen LogP contribution in [0.15, 0.2) is 12.2 Å². The summed E-state index contributed by atoms with van der Waals surface area (Å²) in [4.78, 5) is 12.1. The lowest BCUT2D eigenvalue weighted by Gasteiger charge is -2.07. The van der Waals surface area contributed by atoms with Gasteiger partial charge in [-0.15, -0.1) is 0 Å². The van der Waals surface area contributed by atoms with E-state index in [1.54, 1.807) is 0 Å². The van der Waals surface area contributed by atoms with Crippen molar-refractivity contribution in [1.29, 1.82) is 0 Å². The SMILES string of the molecule is CCCCCCCCC=CCCCCCCCCCCCCCC(=O)OCCCCCCCCCCCCCCCCCCCCCCCCCC(C)CC. The minimum atomic E-state index is 0.0303. The van der Waals surface area contributed by atoms with Crippen molar-refractivity contribution in [2.45, 2.75) is 310 Å². The second-order valence-corrected chi connectivity index (χ2v) is 18.1. The summed E-state index contributed by atoms with van der Waals surface area (Å²) in [6.07, 6.45) is 66.3. The zero-order valence-electron chi connectivity index (χ0n) is 38.6. The monoisotopic (exact) mass is 773 g/mol. The molecule has 0 rings (SSSR count). The number of allylic oxidation sites excluding steroid dienone is 2. The second kappa shape index (κ2) is 49.4. The first kappa shape index (κ1) is 54.2. The maximum absolute atomic E-state index is 12.1. The van der Waals surface area contributed by atoms with Crippen molar-refractivity contribution in [3.05, 3.63) is 12.2 Å². The number of unbranched alkanes of at least 4 members (excludes halogenated alkanes) is 39. The van der Waals surface area contributed by atoms with Crippen molar-refractivity contribution in [1.82, 2.24) is 0 Å². The quantitative estimate of drug-likeness (QED) is 0.0350. The molecule has 0 fully saturated rings. The van der Waals surface area contributed by atoms with Crippen LogP contribution in [-0.2, 0) is 9.53 Å². The third kappa shape index (κ3) is 49.3. The molecule has 0 heterocycles. The van der Waals surface area contributed by atoms with E-state index < -0.39 is 0 Å². The molecule has 2 heteroatoms. The van der Waals surface area contributed by atoms with Crippen molar-refractivity contribution >= 4 is 5.97 Å². The van der Waals surface area contributed by atoms with Crippen LogP contribution in [0, 0.1) is 5.92 Å². The van der Waals surface area contributed by atoms with Gasteiger partial charge in [-0.1, -0.05) is 277 Å². The van der Waals surface area contributed by atoms with E-state index in [1.165, 1.54) is 270 Å². The van der Waals surface area contributed by atoms with Gasteiger partial charge in [0.05, 0.1) is 6.61 Å². The van der Waals surface area contributed by atoms with Gasteiger partial charge in [0, 0.05) is 6.42 Å². The van der Waals surface area contributed by atoms with Gasteiger partial charge in [0.25, 0.3) is 0 Å². The predicted molar refractivity (Wildman–Crippen MR) is 248 cm³/mol. The van der Waals surface area contributed by atoms with Crippen LogP contribution in [-0.4, -0.2) is 12.6 Å². The van der Waals surface area contributed by atoms with E-state index >= 15 is 0 Å². The van der Waals surface area contributed by atoms with Crippen molar-refractivity contribution in [3.8, 4) is 0 Å². The molecule has 1 atom stereocenters. The maximum atomic E-state index is 12.1. The molecule has 0 aliphatic carbocycles. The van der Waals surface area contributed by atoms with E-state index in [4.69, 9.17) is 4.74 Å². The van der Waals surface area contributed by atoms with Gasteiger partial charge in [0.15, 0.2) is 0 Å². The van der Waals surface area contributed by atoms with Crippen LogP contribution in [0.25, 0.3) is 0 Å². The molecule has 0 aromatic heterocycles. The summed E-state index contributed by atoms with van der Waals surface area (Å²) in [5, 5.41) is 0. The van der Waals surface area contributed by atoms with Gasteiger partial charge in [-0.2, -0.15) is 0 Å². The second-order valence-electron chi connectivity index (χ2n) is 18.1. The lowest BCUT2D eigenvalue weighted by atomic mass is 9.99. The van der Waals surface area contributed by atoms with Crippen molar-refractivity contribution in [2.24, 2.45) is 5.92 Å². The first-order chi connectivity index (χ1) is 27.2. The molecule has 0 aliphatic rings. The lowest BCUT2D eigenvalue weighted by Crippen LogP contribution is -2.05. The van der Waals surface area contributed by atoms with E-state index in [1.807, 2.05) is 0 Å². The number of carbonyl (C=O) groups excluding carboxylic acids is 1. The van der Waals surface area contributed by atoms with Gasteiger partial charge in [-0.3, -0.25) is 4.79 Å². The summed E-state index contributed by atoms with van der Waals surface area (Å²) >= 11 is 0. The fourth-order valence-corrected chi connectivity index (χ4v) is 8.17. The Bertz CT molecular complexity index is 728. The first-order valence-electron chi connectivity index (χ1n) is 26.0. The van der Waals surface area contributed by atoms with Crippen LogP contribution in [0.1, 0.15) is 310 Å². The third-order valence-electron chi connectivity index (χ3n) is 12.4. The van der Waals surface area contributed by atoms with Crippen LogP contribution < -0.4 is 0 Å². The molecule has 0 saturated carbocycles. The fourth-order valence-electron chi connectivity index (χ4n) is 8.17. The Hall–Kier alpha value is -0.790. The molecule has 0 N–H and O–H groups in total. The Kier molecular flexibility index (Phi) is 48.6. The molecule has 2 nitrogen and oxygen atoms in total.